The van der Waals surface area contributed by atoms with Crippen molar-refractivity contribution < 1.29 is 0 Å². The molecule has 0 unspecified atom stereocenters. The van der Waals surface area contributed by atoms with Crippen LogP contribution < -0.4 is 5.73 Å². The van der Waals surface area contributed by atoms with Gasteiger partial charge in [0, 0.05) is 15.8 Å². The van der Waals surface area contributed by atoms with Crippen LogP contribution in [0.5, 0.6) is 0 Å². The van der Waals surface area contributed by atoms with E-state index in [0.29, 0.717) is 0 Å². The highest BCUT2D eigenvalue weighted by Crippen LogP contribution is 2.09. The number of hydrogen-bond acceptors (Lipinski definition) is 2. The number of halogens is 1. The zero-order valence-corrected chi connectivity index (χ0v) is 7.87. The Morgan fingerprint density at radius 2 is 2.40 bits per heavy atom. The largest absolute Gasteiger partial charge is 0.323 e. The molecule has 2 nitrogen and oxygen atoms in total. The van der Waals surface area contributed by atoms with Gasteiger partial charge in [-0.3, -0.25) is 4.98 Å². The van der Waals surface area contributed by atoms with Gasteiger partial charge in [0.1, 0.15) is 0 Å². The monoisotopic (exact) mass is 248 g/mol. The SMILES string of the molecule is C[C@H](N)c1cc(I)ccn1. The van der Waals surface area contributed by atoms with E-state index in [1.54, 1.807) is 6.20 Å². The highest BCUT2D eigenvalue weighted by atomic mass is 127. The molecule has 2 N–H and O–H groups in total. The summed E-state index contributed by atoms with van der Waals surface area (Å²) < 4.78 is 1.18. The molecule has 0 spiro atoms. The van der Waals surface area contributed by atoms with Crippen LogP contribution in [0.1, 0.15) is 18.7 Å². The van der Waals surface area contributed by atoms with Gasteiger partial charge in [-0.15, -0.1) is 0 Å². The fraction of sp³-hybridized carbons (Fsp3) is 0.286. The minimum Gasteiger partial charge on any atom is -0.323 e. The molecule has 1 atom stereocenters. The predicted molar refractivity (Wildman–Crippen MR) is 49.6 cm³/mol. The topological polar surface area (TPSA) is 38.9 Å². The molecule has 0 saturated heterocycles. The lowest BCUT2D eigenvalue weighted by atomic mass is 10.2. The Labute approximate surface area is 74.0 Å². The smallest absolute Gasteiger partial charge is 0.0578 e. The Bertz CT molecular complexity index is 223. The Balaban J connectivity index is 2.96. The summed E-state index contributed by atoms with van der Waals surface area (Å²) >= 11 is 2.24. The number of pyridine rings is 1. The summed E-state index contributed by atoms with van der Waals surface area (Å²) in [7, 11) is 0. The highest BCUT2D eigenvalue weighted by Gasteiger charge is 1.98. The summed E-state index contributed by atoms with van der Waals surface area (Å²) in [5.41, 5.74) is 6.57. The lowest BCUT2D eigenvalue weighted by Crippen LogP contribution is -2.06. The standard InChI is InChI=1S/C7H9IN2/c1-5(9)7-4-6(8)2-3-10-7/h2-5H,9H2,1H3/t5-/m0/s1. The van der Waals surface area contributed by atoms with Gasteiger partial charge in [-0.2, -0.15) is 0 Å². The average molecular weight is 248 g/mol. The maximum absolute atomic E-state index is 5.62. The molecule has 0 saturated carbocycles. The second-order valence-electron chi connectivity index (χ2n) is 2.19. The third-order valence-corrected chi connectivity index (χ3v) is 1.88. The molecule has 1 heterocycles. The zero-order chi connectivity index (χ0) is 7.56. The molecular formula is C7H9IN2. The van der Waals surface area contributed by atoms with Crippen molar-refractivity contribution in [2.45, 2.75) is 13.0 Å². The van der Waals surface area contributed by atoms with Crippen LogP contribution in [-0.4, -0.2) is 4.98 Å². The maximum atomic E-state index is 5.62. The van der Waals surface area contributed by atoms with E-state index in [-0.39, 0.29) is 6.04 Å². The minimum absolute atomic E-state index is 0.0368. The van der Waals surface area contributed by atoms with Crippen molar-refractivity contribution in [3.63, 3.8) is 0 Å². The van der Waals surface area contributed by atoms with E-state index in [9.17, 15) is 0 Å². The van der Waals surface area contributed by atoms with Crippen LogP contribution in [0, 0.1) is 3.57 Å². The fourth-order valence-electron chi connectivity index (χ4n) is 0.670. The molecule has 1 rings (SSSR count). The number of hydrogen-bond donors (Lipinski definition) is 1. The Hall–Kier alpha value is -0.160. The quantitative estimate of drug-likeness (QED) is 0.768. The van der Waals surface area contributed by atoms with Crippen molar-refractivity contribution in [3.05, 3.63) is 27.6 Å². The Kier molecular flexibility index (Phi) is 2.62. The first kappa shape index (κ1) is 7.94. The van der Waals surface area contributed by atoms with Gasteiger partial charge in [-0.25, -0.2) is 0 Å². The molecule has 10 heavy (non-hydrogen) atoms. The molecule has 0 aliphatic rings. The molecule has 0 radical (unpaired) electrons. The average Bonchev–Trinajstić information content (AvgIpc) is 1.88. The van der Waals surface area contributed by atoms with Gasteiger partial charge in [-0.05, 0) is 41.6 Å². The Morgan fingerprint density at radius 3 is 2.80 bits per heavy atom. The molecule has 0 fully saturated rings. The summed E-state index contributed by atoms with van der Waals surface area (Å²) in [5, 5.41) is 0. The molecular weight excluding hydrogens is 239 g/mol. The third kappa shape index (κ3) is 1.91. The molecule has 1 aromatic rings. The van der Waals surface area contributed by atoms with E-state index in [0.717, 1.165) is 5.69 Å². The van der Waals surface area contributed by atoms with Crippen LogP contribution in [0.3, 0.4) is 0 Å². The van der Waals surface area contributed by atoms with E-state index >= 15 is 0 Å². The highest BCUT2D eigenvalue weighted by molar-refractivity contribution is 14.1. The van der Waals surface area contributed by atoms with Crippen LogP contribution in [-0.2, 0) is 0 Å². The summed E-state index contributed by atoms with van der Waals surface area (Å²) in [4.78, 5) is 4.11. The lowest BCUT2D eigenvalue weighted by molar-refractivity contribution is 0.780. The second kappa shape index (κ2) is 3.30. The van der Waals surface area contributed by atoms with E-state index in [2.05, 4.69) is 27.6 Å². The van der Waals surface area contributed by atoms with Gasteiger partial charge in [-0.1, -0.05) is 0 Å². The summed E-state index contributed by atoms with van der Waals surface area (Å²) in [6.45, 7) is 1.93. The van der Waals surface area contributed by atoms with Gasteiger partial charge in [0.15, 0.2) is 0 Å². The van der Waals surface area contributed by atoms with Gasteiger partial charge in [0.05, 0.1) is 5.69 Å². The van der Waals surface area contributed by atoms with E-state index < -0.39 is 0 Å². The third-order valence-electron chi connectivity index (χ3n) is 1.21. The second-order valence-corrected chi connectivity index (χ2v) is 3.43. The van der Waals surface area contributed by atoms with Crippen LogP contribution in [0.2, 0.25) is 0 Å². The molecule has 0 bridgehead atoms. The van der Waals surface area contributed by atoms with Crippen LogP contribution in [0.4, 0.5) is 0 Å². The molecule has 0 aliphatic heterocycles. The van der Waals surface area contributed by atoms with E-state index in [1.807, 2.05) is 19.1 Å². The molecule has 0 aromatic carbocycles. The molecule has 3 heteroatoms. The van der Waals surface area contributed by atoms with Gasteiger partial charge in [0.25, 0.3) is 0 Å². The van der Waals surface area contributed by atoms with Crippen LogP contribution >= 0.6 is 22.6 Å². The first-order valence-corrected chi connectivity index (χ1v) is 4.15. The number of nitrogens with zero attached hydrogens (tertiary/aromatic N) is 1. The van der Waals surface area contributed by atoms with Crippen LogP contribution in [0.25, 0.3) is 0 Å². The number of rotatable bonds is 1. The maximum Gasteiger partial charge on any atom is 0.0578 e. The summed E-state index contributed by atoms with van der Waals surface area (Å²) in [6, 6.07) is 3.98. The van der Waals surface area contributed by atoms with Crippen molar-refractivity contribution in [2.24, 2.45) is 5.73 Å². The predicted octanol–water partition coefficient (Wildman–Crippen LogP) is 1.71. The normalized spacial score (nSPS) is 13.1. The minimum atomic E-state index is 0.0368. The zero-order valence-electron chi connectivity index (χ0n) is 5.71. The first-order chi connectivity index (χ1) is 4.70. The summed E-state index contributed by atoms with van der Waals surface area (Å²) in [5.74, 6) is 0. The van der Waals surface area contributed by atoms with Crippen molar-refractivity contribution >= 4 is 22.6 Å². The number of nitrogens with two attached hydrogens (primary N) is 1. The van der Waals surface area contributed by atoms with Crippen molar-refractivity contribution in [1.82, 2.24) is 4.98 Å². The van der Waals surface area contributed by atoms with E-state index in [4.69, 9.17) is 5.73 Å². The van der Waals surface area contributed by atoms with E-state index in [1.165, 1.54) is 3.57 Å². The number of aromatic nitrogens is 1. The van der Waals surface area contributed by atoms with Crippen LogP contribution in [0.15, 0.2) is 18.3 Å². The van der Waals surface area contributed by atoms with Crippen molar-refractivity contribution in [1.29, 1.82) is 0 Å². The van der Waals surface area contributed by atoms with Crippen molar-refractivity contribution in [2.75, 3.05) is 0 Å². The van der Waals surface area contributed by atoms with Gasteiger partial charge in [0.2, 0.25) is 0 Å². The first-order valence-electron chi connectivity index (χ1n) is 3.07. The fourth-order valence-corrected chi connectivity index (χ4v) is 1.15. The summed E-state index contributed by atoms with van der Waals surface area (Å²) in [6.07, 6.45) is 1.78. The molecule has 0 amide bonds. The molecule has 0 aliphatic carbocycles. The lowest BCUT2D eigenvalue weighted by Gasteiger charge is -2.02. The van der Waals surface area contributed by atoms with Gasteiger partial charge < -0.3 is 5.73 Å². The van der Waals surface area contributed by atoms with Crippen molar-refractivity contribution in [3.8, 4) is 0 Å². The molecule has 1 aromatic heterocycles. The Morgan fingerprint density at radius 1 is 1.70 bits per heavy atom. The molecule has 54 valence electrons. The van der Waals surface area contributed by atoms with Gasteiger partial charge >= 0.3 is 0 Å².